The van der Waals surface area contributed by atoms with Crippen LogP contribution in [0.25, 0.3) is 0 Å². The van der Waals surface area contributed by atoms with Crippen molar-refractivity contribution in [3.63, 3.8) is 0 Å². The summed E-state index contributed by atoms with van der Waals surface area (Å²) in [4.78, 5) is 14.8. The lowest BCUT2D eigenvalue weighted by Gasteiger charge is -2.37. The molecular weight excluding hydrogens is 286 g/mol. The normalized spacial score (nSPS) is 17.3. The first kappa shape index (κ1) is 15.8. The summed E-state index contributed by atoms with van der Waals surface area (Å²) < 4.78 is 2.25. The minimum Gasteiger partial charge on any atom is -0.348 e. The Morgan fingerprint density at radius 1 is 1.17 bits per heavy atom. The highest BCUT2D eigenvalue weighted by Crippen LogP contribution is 2.32. The van der Waals surface area contributed by atoms with Crippen molar-refractivity contribution in [2.45, 2.75) is 26.4 Å². The van der Waals surface area contributed by atoms with Gasteiger partial charge in [0.25, 0.3) is 0 Å². The Labute approximate surface area is 138 Å². The molecule has 0 radical (unpaired) electrons. The maximum absolute atomic E-state index is 12.7. The van der Waals surface area contributed by atoms with Crippen LogP contribution >= 0.6 is 0 Å². The molecule has 0 bridgehead atoms. The van der Waals surface area contributed by atoms with Gasteiger partial charge in [0.15, 0.2) is 0 Å². The molecule has 0 fully saturated rings. The smallest absolute Gasteiger partial charge is 0.237 e. The van der Waals surface area contributed by atoms with Crippen molar-refractivity contribution < 1.29 is 4.79 Å². The van der Waals surface area contributed by atoms with Crippen molar-refractivity contribution >= 4 is 5.91 Å². The number of nitrogens with zero attached hydrogens (tertiary/aromatic N) is 2. The van der Waals surface area contributed by atoms with Crippen LogP contribution in [0.15, 0.2) is 48.7 Å². The molecule has 0 saturated heterocycles. The van der Waals surface area contributed by atoms with Crippen molar-refractivity contribution in [1.82, 2.24) is 14.8 Å². The molecule has 4 nitrogen and oxygen atoms in total. The van der Waals surface area contributed by atoms with Gasteiger partial charge in [-0.2, -0.15) is 0 Å². The Hall–Kier alpha value is -2.07. The number of benzene rings is 1. The van der Waals surface area contributed by atoms with E-state index in [1.54, 1.807) is 0 Å². The first-order valence-corrected chi connectivity index (χ1v) is 8.37. The van der Waals surface area contributed by atoms with E-state index in [-0.39, 0.29) is 11.9 Å². The van der Waals surface area contributed by atoms with Crippen LogP contribution in [-0.2, 0) is 11.3 Å². The molecule has 23 heavy (non-hydrogen) atoms. The zero-order valence-electron chi connectivity index (χ0n) is 13.9. The highest BCUT2D eigenvalue weighted by atomic mass is 16.2. The van der Waals surface area contributed by atoms with E-state index in [2.05, 4.69) is 54.2 Å². The minimum absolute atomic E-state index is 0.00769. The fourth-order valence-corrected chi connectivity index (χ4v) is 3.21. The summed E-state index contributed by atoms with van der Waals surface area (Å²) in [5.74, 6) is 0.721. The van der Waals surface area contributed by atoms with Crippen molar-refractivity contribution in [2.75, 3.05) is 19.6 Å². The maximum Gasteiger partial charge on any atom is 0.237 e. The van der Waals surface area contributed by atoms with Gasteiger partial charge in [0, 0.05) is 25.0 Å². The van der Waals surface area contributed by atoms with Crippen LogP contribution < -0.4 is 5.32 Å². The van der Waals surface area contributed by atoms with Crippen LogP contribution in [0, 0.1) is 5.92 Å². The second-order valence-electron chi connectivity index (χ2n) is 6.55. The SMILES string of the molecule is CC(C)CNCC(=O)N1CCn2cccc2C1c1ccccc1. The molecule has 0 saturated carbocycles. The number of amides is 1. The second kappa shape index (κ2) is 7.01. The van der Waals surface area contributed by atoms with E-state index < -0.39 is 0 Å². The van der Waals surface area contributed by atoms with E-state index in [0.29, 0.717) is 12.5 Å². The Morgan fingerprint density at radius 3 is 2.70 bits per heavy atom. The van der Waals surface area contributed by atoms with Gasteiger partial charge in [-0.15, -0.1) is 0 Å². The number of carbonyl (C=O) groups excluding carboxylic acids is 1. The third-order valence-corrected chi connectivity index (χ3v) is 4.30. The lowest BCUT2D eigenvalue weighted by atomic mass is 10.00. The number of nitrogens with one attached hydrogen (secondary N) is 1. The molecule has 1 N–H and O–H groups in total. The summed E-state index contributed by atoms with van der Waals surface area (Å²) in [5.41, 5.74) is 2.36. The molecule has 1 aromatic carbocycles. The average molecular weight is 311 g/mol. The number of carbonyl (C=O) groups is 1. The molecule has 122 valence electrons. The van der Waals surface area contributed by atoms with E-state index in [4.69, 9.17) is 0 Å². The molecule has 2 heterocycles. The molecule has 1 aliphatic rings. The van der Waals surface area contributed by atoms with E-state index in [9.17, 15) is 4.79 Å². The number of hydrogen-bond donors (Lipinski definition) is 1. The lowest BCUT2D eigenvalue weighted by molar-refractivity contribution is -0.132. The molecule has 0 aliphatic carbocycles. The molecule has 1 atom stereocenters. The van der Waals surface area contributed by atoms with Crippen molar-refractivity contribution in [2.24, 2.45) is 5.92 Å². The highest BCUT2D eigenvalue weighted by Gasteiger charge is 2.31. The quantitative estimate of drug-likeness (QED) is 0.922. The Kier molecular flexibility index (Phi) is 4.82. The molecule has 2 aromatic rings. The number of hydrogen-bond acceptors (Lipinski definition) is 2. The van der Waals surface area contributed by atoms with Gasteiger partial charge in [0.1, 0.15) is 0 Å². The third-order valence-electron chi connectivity index (χ3n) is 4.30. The van der Waals surface area contributed by atoms with Gasteiger partial charge in [0.2, 0.25) is 5.91 Å². The van der Waals surface area contributed by atoms with Crippen molar-refractivity contribution in [1.29, 1.82) is 0 Å². The predicted molar refractivity (Wildman–Crippen MR) is 92.1 cm³/mol. The summed E-state index contributed by atoms with van der Waals surface area (Å²) in [5, 5.41) is 3.27. The van der Waals surface area contributed by atoms with Crippen LogP contribution in [-0.4, -0.2) is 35.0 Å². The lowest BCUT2D eigenvalue weighted by Crippen LogP contribution is -2.46. The fourth-order valence-electron chi connectivity index (χ4n) is 3.21. The third kappa shape index (κ3) is 3.48. The van der Waals surface area contributed by atoms with Crippen LogP contribution in [0.2, 0.25) is 0 Å². The maximum atomic E-state index is 12.7. The summed E-state index contributed by atoms with van der Waals surface area (Å²) in [7, 11) is 0. The number of fused-ring (bicyclic) bond motifs is 1. The van der Waals surface area contributed by atoms with Crippen LogP contribution in [0.5, 0.6) is 0 Å². The molecule has 1 aromatic heterocycles. The number of rotatable bonds is 5. The largest absolute Gasteiger partial charge is 0.348 e. The van der Waals surface area contributed by atoms with Gasteiger partial charge >= 0.3 is 0 Å². The van der Waals surface area contributed by atoms with E-state index in [1.165, 1.54) is 11.3 Å². The van der Waals surface area contributed by atoms with Crippen molar-refractivity contribution in [3.8, 4) is 0 Å². The summed E-state index contributed by atoms with van der Waals surface area (Å²) in [6, 6.07) is 14.5. The topological polar surface area (TPSA) is 37.3 Å². The van der Waals surface area contributed by atoms with E-state index in [1.807, 2.05) is 23.1 Å². The molecule has 0 spiro atoms. The van der Waals surface area contributed by atoms with Gasteiger partial charge in [-0.05, 0) is 30.2 Å². The molecule has 3 rings (SSSR count). The first-order valence-electron chi connectivity index (χ1n) is 8.37. The van der Waals surface area contributed by atoms with Crippen LogP contribution in [0.3, 0.4) is 0 Å². The van der Waals surface area contributed by atoms with E-state index >= 15 is 0 Å². The monoisotopic (exact) mass is 311 g/mol. The van der Waals surface area contributed by atoms with Crippen LogP contribution in [0.4, 0.5) is 0 Å². The van der Waals surface area contributed by atoms with Gasteiger partial charge in [-0.1, -0.05) is 44.2 Å². The fraction of sp³-hybridized carbons (Fsp3) is 0.421. The van der Waals surface area contributed by atoms with Gasteiger partial charge in [0.05, 0.1) is 12.6 Å². The summed E-state index contributed by atoms with van der Waals surface area (Å²) in [6.45, 7) is 7.19. The van der Waals surface area contributed by atoms with Crippen LogP contribution in [0.1, 0.15) is 31.1 Å². The summed E-state index contributed by atoms with van der Waals surface area (Å²) >= 11 is 0. The zero-order chi connectivity index (χ0) is 16.2. The van der Waals surface area contributed by atoms with Gasteiger partial charge in [-0.25, -0.2) is 0 Å². The molecule has 1 aliphatic heterocycles. The standard InChI is InChI=1S/C19H25N3O/c1-15(2)13-20-14-18(23)22-12-11-21-10-6-9-17(21)19(22)16-7-4-3-5-8-16/h3-10,15,19-20H,11-14H2,1-2H3. The molecular formula is C19H25N3O. The molecule has 1 amide bonds. The Balaban J connectivity index is 1.83. The highest BCUT2D eigenvalue weighted by molar-refractivity contribution is 5.79. The molecule has 4 heteroatoms. The van der Waals surface area contributed by atoms with Gasteiger partial charge < -0.3 is 14.8 Å². The molecule has 1 unspecified atom stereocenters. The predicted octanol–water partition coefficient (Wildman–Crippen LogP) is 2.67. The summed E-state index contributed by atoms with van der Waals surface area (Å²) in [6.07, 6.45) is 2.10. The second-order valence-corrected chi connectivity index (χ2v) is 6.55. The number of aromatic nitrogens is 1. The van der Waals surface area contributed by atoms with E-state index in [0.717, 1.165) is 19.6 Å². The minimum atomic E-state index is 0.00769. The average Bonchev–Trinajstić information content (AvgIpc) is 3.02. The zero-order valence-corrected chi connectivity index (χ0v) is 13.9. The van der Waals surface area contributed by atoms with Crippen molar-refractivity contribution in [3.05, 3.63) is 59.9 Å². The van der Waals surface area contributed by atoms with Gasteiger partial charge in [-0.3, -0.25) is 4.79 Å². The first-order chi connectivity index (χ1) is 11.2. The Morgan fingerprint density at radius 2 is 1.96 bits per heavy atom. The Bertz CT molecular complexity index is 648.